The zero-order valence-corrected chi connectivity index (χ0v) is 11.8. The number of thioether (sulfide) groups is 1. The monoisotopic (exact) mass is 274 g/mol. The molecule has 0 aromatic carbocycles. The van der Waals surface area contributed by atoms with E-state index in [2.05, 4.69) is 5.32 Å². The SMILES string of the molecule is CSCC[C@H](N)C(=O)NC1CCCC1(C)C(=O)O. The van der Waals surface area contributed by atoms with Crippen molar-refractivity contribution in [1.82, 2.24) is 5.32 Å². The summed E-state index contributed by atoms with van der Waals surface area (Å²) >= 11 is 1.64. The molecule has 0 bridgehead atoms. The van der Waals surface area contributed by atoms with Gasteiger partial charge in [-0.05, 0) is 38.2 Å². The highest BCUT2D eigenvalue weighted by Gasteiger charge is 2.46. The van der Waals surface area contributed by atoms with Gasteiger partial charge in [-0.2, -0.15) is 11.8 Å². The molecule has 0 aromatic rings. The summed E-state index contributed by atoms with van der Waals surface area (Å²) in [5, 5.41) is 12.1. The van der Waals surface area contributed by atoms with Crippen molar-refractivity contribution in [2.24, 2.45) is 11.1 Å². The van der Waals surface area contributed by atoms with E-state index in [0.717, 1.165) is 12.2 Å². The molecule has 104 valence electrons. The lowest BCUT2D eigenvalue weighted by Gasteiger charge is -2.28. The van der Waals surface area contributed by atoms with Crippen LogP contribution in [0.1, 0.15) is 32.6 Å². The van der Waals surface area contributed by atoms with Crippen LogP contribution in [0.4, 0.5) is 0 Å². The Morgan fingerprint density at radius 2 is 2.28 bits per heavy atom. The van der Waals surface area contributed by atoms with Gasteiger partial charge in [0, 0.05) is 6.04 Å². The Kier molecular flexibility index (Phi) is 5.47. The summed E-state index contributed by atoms with van der Waals surface area (Å²) in [5.41, 5.74) is 4.92. The summed E-state index contributed by atoms with van der Waals surface area (Å²) in [4.78, 5) is 23.1. The summed E-state index contributed by atoms with van der Waals surface area (Å²) < 4.78 is 0. The molecule has 1 amide bonds. The first-order valence-electron chi connectivity index (χ1n) is 6.20. The van der Waals surface area contributed by atoms with Crippen LogP contribution in [0.25, 0.3) is 0 Å². The number of carboxylic acid groups (broad SMARTS) is 1. The van der Waals surface area contributed by atoms with Gasteiger partial charge in [-0.3, -0.25) is 9.59 Å². The molecular formula is C12H22N2O3S. The van der Waals surface area contributed by atoms with Crippen molar-refractivity contribution in [3.8, 4) is 0 Å². The molecule has 1 saturated carbocycles. The number of carbonyl (C=O) groups excluding carboxylic acids is 1. The number of amides is 1. The molecule has 1 aliphatic rings. The molecule has 5 nitrogen and oxygen atoms in total. The zero-order chi connectivity index (χ0) is 13.8. The standard InChI is InChI=1S/C12H22N2O3S/c1-12(11(16)17)6-3-4-9(12)14-10(15)8(13)5-7-18-2/h8-9H,3-7,13H2,1-2H3,(H,14,15)(H,16,17)/t8-,9?,12?/m0/s1. The summed E-state index contributed by atoms with van der Waals surface area (Å²) in [6.45, 7) is 1.70. The van der Waals surface area contributed by atoms with E-state index in [0.29, 0.717) is 19.3 Å². The van der Waals surface area contributed by atoms with Gasteiger partial charge in [0.05, 0.1) is 11.5 Å². The number of hydrogen-bond acceptors (Lipinski definition) is 4. The third-order valence-corrected chi connectivity index (χ3v) is 4.38. The van der Waals surface area contributed by atoms with Gasteiger partial charge in [0.1, 0.15) is 0 Å². The number of carbonyl (C=O) groups is 2. The van der Waals surface area contributed by atoms with Crippen LogP contribution in [0.2, 0.25) is 0 Å². The molecule has 1 aliphatic carbocycles. The van der Waals surface area contributed by atoms with Crippen molar-refractivity contribution in [2.45, 2.75) is 44.7 Å². The van der Waals surface area contributed by atoms with Gasteiger partial charge in [-0.15, -0.1) is 0 Å². The Hall–Kier alpha value is -0.750. The Balaban J connectivity index is 2.56. The molecule has 2 unspecified atom stereocenters. The molecule has 0 aliphatic heterocycles. The summed E-state index contributed by atoms with van der Waals surface area (Å²) in [7, 11) is 0. The number of aliphatic carboxylic acids is 1. The average Bonchev–Trinajstić information content (AvgIpc) is 2.69. The van der Waals surface area contributed by atoms with Crippen LogP contribution in [0.15, 0.2) is 0 Å². The van der Waals surface area contributed by atoms with E-state index in [4.69, 9.17) is 5.73 Å². The van der Waals surface area contributed by atoms with Gasteiger partial charge in [-0.1, -0.05) is 6.42 Å². The Labute approximate surface area is 112 Å². The van der Waals surface area contributed by atoms with E-state index in [1.54, 1.807) is 18.7 Å². The minimum absolute atomic E-state index is 0.233. The van der Waals surface area contributed by atoms with Gasteiger partial charge in [0.15, 0.2) is 0 Å². The molecular weight excluding hydrogens is 252 g/mol. The second kappa shape index (κ2) is 6.43. The quantitative estimate of drug-likeness (QED) is 0.667. The first kappa shape index (κ1) is 15.3. The maximum Gasteiger partial charge on any atom is 0.311 e. The molecule has 18 heavy (non-hydrogen) atoms. The molecule has 1 fully saturated rings. The lowest BCUT2D eigenvalue weighted by Crippen LogP contribution is -2.51. The maximum atomic E-state index is 11.9. The van der Waals surface area contributed by atoms with Crippen molar-refractivity contribution in [2.75, 3.05) is 12.0 Å². The van der Waals surface area contributed by atoms with Crippen LogP contribution in [-0.4, -0.2) is 41.1 Å². The molecule has 0 radical (unpaired) electrons. The third-order valence-electron chi connectivity index (χ3n) is 3.73. The summed E-state index contributed by atoms with van der Waals surface area (Å²) in [6.07, 6.45) is 4.72. The number of nitrogens with one attached hydrogen (secondary N) is 1. The molecule has 0 heterocycles. The highest BCUT2D eigenvalue weighted by Crippen LogP contribution is 2.38. The van der Waals surface area contributed by atoms with E-state index in [-0.39, 0.29) is 11.9 Å². The highest BCUT2D eigenvalue weighted by atomic mass is 32.2. The van der Waals surface area contributed by atoms with Crippen LogP contribution in [0.5, 0.6) is 0 Å². The van der Waals surface area contributed by atoms with Crippen molar-refractivity contribution in [3.63, 3.8) is 0 Å². The van der Waals surface area contributed by atoms with E-state index in [1.165, 1.54) is 0 Å². The molecule has 4 N–H and O–H groups in total. The second-order valence-electron chi connectivity index (χ2n) is 5.06. The molecule has 6 heteroatoms. The van der Waals surface area contributed by atoms with Crippen LogP contribution in [-0.2, 0) is 9.59 Å². The number of carboxylic acids is 1. The molecule has 0 saturated heterocycles. The first-order chi connectivity index (χ1) is 8.41. The molecule has 3 atom stereocenters. The highest BCUT2D eigenvalue weighted by molar-refractivity contribution is 7.98. The largest absolute Gasteiger partial charge is 0.481 e. The van der Waals surface area contributed by atoms with Gasteiger partial charge in [0.2, 0.25) is 5.91 Å². The Morgan fingerprint density at radius 1 is 1.61 bits per heavy atom. The summed E-state index contributed by atoms with van der Waals surface area (Å²) in [5.74, 6) is -0.249. The van der Waals surface area contributed by atoms with E-state index >= 15 is 0 Å². The zero-order valence-electron chi connectivity index (χ0n) is 10.9. The second-order valence-corrected chi connectivity index (χ2v) is 6.05. The van der Waals surface area contributed by atoms with Crippen LogP contribution < -0.4 is 11.1 Å². The van der Waals surface area contributed by atoms with E-state index < -0.39 is 17.4 Å². The topological polar surface area (TPSA) is 92.4 Å². The van der Waals surface area contributed by atoms with E-state index in [9.17, 15) is 14.7 Å². The van der Waals surface area contributed by atoms with E-state index in [1.807, 2.05) is 6.26 Å². The summed E-state index contributed by atoms with van der Waals surface area (Å²) in [6, 6.07) is -0.848. The van der Waals surface area contributed by atoms with Crippen LogP contribution in [0, 0.1) is 5.41 Å². The fourth-order valence-electron chi connectivity index (χ4n) is 2.31. The Bertz CT molecular complexity index is 324. The minimum Gasteiger partial charge on any atom is -0.481 e. The van der Waals surface area contributed by atoms with Crippen molar-refractivity contribution in [3.05, 3.63) is 0 Å². The minimum atomic E-state index is -0.852. The average molecular weight is 274 g/mol. The van der Waals surface area contributed by atoms with Crippen molar-refractivity contribution < 1.29 is 14.7 Å². The van der Waals surface area contributed by atoms with Crippen LogP contribution >= 0.6 is 11.8 Å². The lowest BCUT2D eigenvalue weighted by atomic mass is 9.85. The third kappa shape index (κ3) is 3.38. The number of hydrogen-bond donors (Lipinski definition) is 3. The van der Waals surface area contributed by atoms with Crippen LogP contribution in [0.3, 0.4) is 0 Å². The first-order valence-corrected chi connectivity index (χ1v) is 7.59. The van der Waals surface area contributed by atoms with Gasteiger partial charge in [-0.25, -0.2) is 0 Å². The van der Waals surface area contributed by atoms with Gasteiger partial charge < -0.3 is 16.2 Å². The molecule has 0 spiro atoms. The Morgan fingerprint density at radius 3 is 2.83 bits per heavy atom. The number of rotatable bonds is 6. The van der Waals surface area contributed by atoms with Crippen molar-refractivity contribution >= 4 is 23.6 Å². The van der Waals surface area contributed by atoms with Gasteiger partial charge >= 0.3 is 5.97 Å². The maximum absolute atomic E-state index is 11.9. The predicted octanol–water partition coefficient (Wildman–Crippen LogP) is 0.826. The fraction of sp³-hybridized carbons (Fsp3) is 0.833. The molecule has 0 aromatic heterocycles. The van der Waals surface area contributed by atoms with Crippen molar-refractivity contribution in [1.29, 1.82) is 0 Å². The molecule has 1 rings (SSSR count). The fourth-order valence-corrected chi connectivity index (χ4v) is 2.80. The lowest BCUT2D eigenvalue weighted by molar-refractivity contribution is -0.149. The van der Waals surface area contributed by atoms with Gasteiger partial charge in [0.25, 0.3) is 0 Å². The normalized spacial score (nSPS) is 28.9. The predicted molar refractivity (Wildman–Crippen MR) is 72.5 cm³/mol. The number of nitrogens with two attached hydrogens (primary N) is 1. The smallest absolute Gasteiger partial charge is 0.311 e.